The van der Waals surface area contributed by atoms with E-state index in [1.165, 1.54) is 0 Å². The van der Waals surface area contributed by atoms with Crippen LogP contribution in [0.2, 0.25) is 5.15 Å². The van der Waals surface area contributed by atoms with Gasteiger partial charge in [-0.25, -0.2) is 18.1 Å². The summed E-state index contributed by atoms with van der Waals surface area (Å²) in [4.78, 5) is 4.04. The fourth-order valence-electron chi connectivity index (χ4n) is 1.39. The zero-order valence-corrected chi connectivity index (χ0v) is 11.3. The molecular weight excluding hydrogens is 282 g/mol. The Kier molecular flexibility index (Phi) is 2.81. The summed E-state index contributed by atoms with van der Waals surface area (Å²) in [6.45, 7) is 0. The van der Waals surface area contributed by atoms with E-state index in [2.05, 4.69) is 15.0 Å². The number of nitrogens with one attached hydrogen (secondary N) is 2. The van der Waals surface area contributed by atoms with Crippen LogP contribution in [0.3, 0.4) is 0 Å². The zero-order valence-electron chi connectivity index (χ0n) is 8.94. The van der Waals surface area contributed by atoms with Gasteiger partial charge in [-0.15, -0.1) is 0 Å². The maximum Gasteiger partial charge on any atom is 0.253 e. The minimum absolute atomic E-state index is 0.0614. The highest BCUT2D eigenvalue weighted by atomic mass is 35.5. The van der Waals surface area contributed by atoms with Gasteiger partial charge < -0.3 is 5.32 Å². The van der Waals surface area contributed by atoms with Crippen LogP contribution < -0.4 is 10.0 Å². The summed E-state index contributed by atoms with van der Waals surface area (Å²) in [5.41, 5.74) is 0. The molecular formula is C9H12ClN3O2S2. The van der Waals surface area contributed by atoms with Gasteiger partial charge in [0, 0.05) is 12.1 Å². The van der Waals surface area contributed by atoms with E-state index in [9.17, 15) is 8.42 Å². The monoisotopic (exact) mass is 293 g/mol. The lowest BCUT2D eigenvalue weighted by atomic mass is 10.7. The van der Waals surface area contributed by atoms with Gasteiger partial charge >= 0.3 is 0 Å². The van der Waals surface area contributed by atoms with Crippen molar-refractivity contribution in [3.05, 3.63) is 5.15 Å². The summed E-state index contributed by atoms with van der Waals surface area (Å²) in [6, 6.07) is 0.516. The van der Waals surface area contributed by atoms with Crippen molar-refractivity contribution in [2.45, 2.75) is 42.0 Å². The van der Waals surface area contributed by atoms with Crippen molar-refractivity contribution in [1.29, 1.82) is 0 Å². The third kappa shape index (κ3) is 2.73. The van der Waals surface area contributed by atoms with Crippen molar-refractivity contribution < 1.29 is 8.42 Å². The van der Waals surface area contributed by atoms with E-state index in [1.807, 2.05) is 0 Å². The number of rotatable bonds is 5. The van der Waals surface area contributed by atoms with Crippen LogP contribution in [-0.2, 0) is 10.0 Å². The van der Waals surface area contributed by atoms with E-state index in [4.69, 9.17) is 11.6 Å². The van der Waals surface area contributed by atoms with Crippen molar-refractivity contribution in [3.8, 4) is 0 Å². The van der Waals surface area contributed by atoms with Crippen LogP contribution in [0.15, 0.2) is 4.21 Å². The second kappa shape index (κ2) is 4.08. The number of hydrogen-bond acceptors (Lipinski definition) is 5. The van der Waals surface area contributed by atoms with Crippen molar-refractivity contribution in [2.24, 2.45) is 0 Å². The van der Waals surface area contributed by atoms with E-state index in [0.29, 0.717) is 11.2 Å². The Labute approximate surface area is 109 Å². The van der Waals surface area contributed by atoms with Crippen LogP contribution in [0.25, 0.3) is 0 Å². The molecule has 2 aliphatic rings. The Bertz CT molecular complexity index is 534. The normalized spacial score (nSPS) is 20.5. The largest absolute Gasteiger partial charge is 0.359 e. The Balaban J connectivity index is 1.82. The molecule has 0 aliphatic heterocycles. The number of hydrogen-bond donors (Lipinski definition) is 2. The SMILES string of the molecule is O=S(=O)(NC1CC1)c1sc(NC2CC2)nc1Cl. The van der Waals surface area contributed by atoms with Crippen molar-refractivity contribution >= 4 is 38.1 Å². The second-order valence-corrected chi connectivity index (χ2v) is 7.68. The van der Waals surface area contributed by atoms with Crippen LogP contribution in [0.5, 0.6) is 0 Å². The molecule has 0 bridgehead atoms. The van der Waals surface area contributed by atoms with E-state index >= 15 is 0 Å². The number of thiazole rings is 1. The number of aromatic nitrogens is 1. The van der Waals surface area contributed by atoms with Gasteiger partial charge in [0.15, 0.2) is 14.5 Å². The summed E-state index contributed by atoms with van der Waals surface area (Å²) in [5.74, 6) is 0. The minimum Gasteiger partial charge on any atom is -0.359 e. The van der Waals surface area contributed by atoms with Gasteiger partial charge in [-0.1, -0.05) is 22.9 Å². The quantitative estimate of drug-likeness (QED) is 0.868. The Morgan fingerprint density at radius 2 is 1.88 bits per heavy atom. The number of nitrogens with zero attached hydrogens (tertiary/aromatic N) is 1. The summed E-state index contributed by atoms with van der Waals surface area (Å²) in [6.07, 6.45) is 4.03. The first-order valence-corrected chi connectivity index (χ1v) is 8.17. The van der Waals surface area contributed by atoms with Crippen molar-refractivity contribution in [3.63, 3.8) is 0 Å². The molecule has 94 valence electrons. The number of sulfonamides is 1. The molecule has 1 heterocycles. The van der Waals surface area contributed by atoms with Gasteiger partial charge in [0.05, 0.1) is 0 Å². The maximum absolute atomic E-state index is 12.0. The third-order valence-electron chi connectivity index (χ3n) is 2.61. The van der Waals surface area contributed by atoms with Gasteiger partial charge in [-0.3, -0.25) is 0 Å². The molecule has 3 rings (SSSR count). The predicted molar refractivity (Wildman–Crippen MR) is 67.1 cm³/mol. The molecule has 17 heavy (non-hydrogen) atoms. The third-order valence-corrected chi connectivity index (χ3v) is 6.12. The average molecular weight is 294 g/mol. The molecule has 2 saturated carbocycles. The highest BCUT2D eigenvalue weighted by Gasteiger charge is 2.32. The molecule has 2 fully saturated rings. The predicted octanol–water partition coefficient (Wildman–Crippen LogP) is 1.81. The van der Waals surface area contributed by atoms with Crippen LogP contribution in [0, 0.1) is 0 Å². The molecule has 5 nitrogen and oxygen atoms in total. The fraction of sp³-hybridized carbons (Fsp3) is 0.667. The molecule has 1 aromatic rings. The van der Waals surface area contributed by atoms with E-state index in [1.54, 1.807) is 0 Å². The second-order valence-electron chi connectivity index (χ2n) is 4.41. The van der Waals surface area contributed by atoms with E-state index in [0.717, 1.165) is 37.0 Å². The average Bonchev–Trinajstić information content (AvgIpc) is 3.11. The van der Waals surface area contributed by atoms with Gasteiger partial charge in [0.2, 0.25) is 0 Å². The first-order valence-electron chi connectivity index (χ1n) is 5.50. The number of halogens is 1. The zero-order chi connectivity index (χ0) is 12.0. The first kappa shape index (κ1) is 11.7. The molecule has 0 radical (unpaired) electrons. The van der Waals surface area contributed by atoms with Crippen LogP contribution >= 0.6 is 22.9 Å². The van der Waals surface area contributed by atoms with Crippen molar-refractivity contribution in [2.75, 3.05) is 5.32 Å². The molecule has 0 amide bonds. The molecule has 0 unspecified atom stereocenters. The molecule has 1 aromatic heterocycles. The molecule has 0 saturated heterocycles. The summed E-state index contributed by atoms with van der Waals surface area (Å²) in [5, 5.41) is 3.80. The molecule has 8 heteroatoms. The first-order chi connectivity index (χ1) is 8.04. The number of anilines is 1. The molecule has 0 atom stereocenters. The highest BCUT2D eigenvalue weighted by Crippen LogP contribution is 2.35. The standard InChI is InChI=1S/C9H12ClN3O2S2/c10-7-8(17(14,15)13-6-3-4-6)16-9(12-7)11-5-1-2-5/h5-6,13H,1-4H2,(H,11,12). The summed E-state index contributed by atoms with van der Waals surface area (Å²) < 4.78 is 26.7. The van der Waals surface area contributed by atoms with Gasteiger partial charge in [-0.2, -0.15) is 0 Å². The summed E-state index contributed by atoms with van der Waals surface area (Å²) >= 11 is 6.98. The Hall–Kier alpha value is -0.370. The highest BCUT2D eigenvalue weighted by molar-refractivity contribution is 7.91. The molecule has 0 spiro atoms. The van der Waals surface area contributed by atoms with E-state index in [-0.39, 0.29) is 15.4 Å². The lowest BCUT2D eigenvalue weighted by molar-refractivity contribution is 0.583. The lowest BCUT2D eigenvalue weighted by Crippen LogP contribution is -2.25. The Morgan fingerprint density at radius 1 is 1.24 bits per heavy atom. The maximum atomic E-state index is 12.0. The van der Waals surface area contributed by atoms with Crippen molar-refractivity contribution in [1.82, 2.24) is 9.71 Å². The van der Waals surface area contributed by atoms with Gasteiger partial charge in [-0.05, 0) is 25.7 Å². The van der Waals surface area contributed by atoms with Crippen LogP contribution in [-0.4, -0.2) is 25.5 Å². The smallest absolute Gasteiger partial charge is 0.253 e. The lowest BCUT2D eigenvalue weighted by Gasteiger charge is -2.01. The fourth-order valence-corrected chi connectivity index (χ4v) is 4.48. The Morgan fingerprint density at radius 3 is 2.47 bits per heavy atom. The molecule has 2 aliphatic carbocycles. The van der Waals surface area contributed by atoms with Crippen LogP contribution in [0.1, 0.15) is 25.7 Å². The minimum atomic E-state index is -3.49. The molecule has 2 N–H and O–H groups in total. The summed E-state index contributed by atoms with van der Waals surface area (Å²) in [7, 11) is -3.49. The topological polar surface area (TPSA) is 71.1 Å². The molecule has 0 aromatic carbocycles. The van der Waals surface area contributed by atoms with Crippen LogP contribution in [0.4, 0.5) is 5.13 Å². The van der Waals surface area contributed by atoms with Gasteiger partial charge in [0.25, 0.3) is 10.0 Å². The van der Waals surface area contributed by atoms with E-state index < -0.39 is 10.0 Å². The van der Waals surface area contributed by atoms with Gasteiger partial charge in [0.1, 0.15) is 0 Å².